The van der Waals surface area contributed by atoms with E-state index in [4.69, 9.17) is 0 Å². The molecular weight excluding hydrogens is 280 g/mol. The van der Waals surface area contributed by atoms with Crippen LogP contribution in [0.4, 0.5) is 0 Å². The fourth-order valence-electron chi connectivity index (χ4n) is 1.97. The Morgan fingerprint density at radius 3 is 2.57 bits per heavy atom. The van der Waals surface area contributed by atoms with Gasteiger partial charge >= 0.3 is 0 Å². The summed E-state index contributed by atoms with van der Waals surface area (Å²) < 4.78 is 16.2. The number of aromatic nitrogens is 1. The molecule has 1 heterocycles. The Balaban J connectivity index is 1.83. The lowest BCUT2D eigenvalue weighted by Crippen LogP contribution is -1.92. The average Bonchev–Trinajstić information content (AvgIpc) is 2.53. The Morgan fingerprint density at radius 2 is 1.76 bits per heavy atom. The Labute approximate surface area is 126 Å². The first-order chi connectivity index (χ1) is 10.2. The smallest absolute Gasteiger partial charge is 0.172 e. The largest absolute Gasteiger partial charge is 0.247 e. The van der Waals surface area contributed by atoms with Gasteiger partial charge in [0.2, 0.25) is 0 Å². The van der Waals surface area contributed by atoms with Crippen LogP contribution in [0.1, 0.15) is 11.3 Å². The molecule has 0 aliphatic carbocycles. The molecule has 4 heteroatoms. The van der Waals surface area contributed by atoms with Gasteiger partial charge in [-0.2, -0.15) is 4.40 Å². The molecule has 1 unspecified atom stereocenters. The SMILES string of the molecule is Cc1ccc(S(=O)/N=C/c2ccc3ccccc3n2)cc1. The number of nitrogens with zero attached hydrogens (tertiary/aromatic N) is 2. The van der Waals surface area contributed by atoms with E-state index in [9.17, 15) is 4.21 Å². The summed E-state index contributed by atoms with van der Waals surface area (Å²) in [5.41, 5.74) is 2.74. The molecule has 0 N–H and O–H groups in total. The van der Waals surface area contributed by atoms with Crippen LogP contribution in [0.3, 0.4) is 0 Å². The van der Waals surface area contributed by atoms with Crippen molar-refractivity contribution < 1.29 is 4.21 Å². The summed E-state index contributed by atoms with van der Waals surface area (Å²) in [6.07, 6.45) is 1.56. The molecule has 104 valence electrons. The number of benzene rings is 2. The molecule has 0 spiro atoms. The van der Waals surface area contributed by atoms with Gasteiger partial charge in [0.15, 0.2) is 11.0 Å². The lowest BCUT2D eigenvalue weighted by molar-refractivity contribution is 0.684. The zero-order chi connectivity index (χ0) is 14.7. The van der Waals surface area contributed by atoms with Crippen molar-refractivity contribution in [3.63, 3.8) is 0 Å². The third-order valence-corrected chi connectivity index (χ3v) is 4.10. The van der Waals surface area contributed by atoms with E-state index < -0.39 is 11.0 Å². The summed E-state index contributed by atoms with van der Waals surface area (Å²) in [5, 5.41) is 1.08. The summed E-state index contributed by atoms with van der Waals surface area (Å²) >= 11 is 0. The van der Waals surface area contributed by atoms with Crippen molar-refractivity contribution in [3.8, 4) is 0 Å². The van der Waals surface area contributed by atoms with Gasteiger partial charge in [-0.3, -0.25) is 0 Å². The highest BCUT2D eigenvalue weighted by Crippen LogP contribution is 2.12. The molecule has 0 saturated carbocycles. The van der Waals surface area contributed by atoms with Crippen molar-refractivity contribution in [3.05, 3.63) is 71.9 Å². The maximum atomic E-state index is 12.1. The summed E-state index contributed by atoms with van der Waals surface area (Å²) in [6, 6.07) is 19.3. The molecule has 0 saturated heterocycles. The van der Waals surface area contributed by atoms with Crippen LogP contribution in [0.25, 0.3) is 10.9 Å². The summed E-state index contributed by atoms with van der Waals surface area (Å²) in [6.45, 7) is 2.00. The normalized spacial score (nSPS) is 12.8. The molecule has 3 nitrogen and oxygen atoms in total. The second kappa shape index (κ2) is 5.97. The summed E-state index contributed by atoms with van der Waals surface area (Å²) in [7, 11) is -1.40. The molecule has 1 aromatic heterocycles. The van der Waals surface area contributed by atoms with Gasteiger partial charge in [0, 0.05) is 5.39 Å². The van der Waals surface area contributed by atoms with Crippen LogP contribution in [0.5, 0.6) is 0 Å². The Bertz CT molecular complexity index is 826. The highest BCUT2D eigenvalue weighted by atomic mass is 32.2. The second-order valence-electron chi connectivity index (χ2n) is 4.73. The van der Waals surface area contributed by atoms with E-state index in [0.29, 0.717) is 10.6 Å². The predicted octanol–water partition coefficient (Wildman–Crippen LogP) is 3.68. The molecule has 0 bridgehead atoms. The minimum atomic E-state index is -1.40. The molecular formula is C17H14N2OS. The number of hydrogen-bond acceptors (Lipinski definition) is 2. The standard InChI is InChI=1S/C17H14N2OS/c1-13-6-10-16(11-7-13)21(20)18-12-15-9-8-14-4-2-3-5-17(14)19-15/h2-12H,1H3/b18-12+. The molecule has 0 fully saturated rings. The number of hydrogen-bond donors (Lipinski definition) is 0. The van der Waals surface area contributed by atoms with Crippen molar-refractivity contribution in [2.75, 3.05) is 0 Å². The average molecular weight is 294 g/mol. The summed E-state index contributed by atoms with van der Waals surface area (Å²) in [5.74, 6) is 0. The number of fused-ring (bicyclic) bond motifs is 1. The fraction of sp³-hybridized carbons (Fsp3) is 0.0588. The highest BCUT2D eigenvalue weighted by molar-refractivity contribution is 7.83. The lowest BCUT2D eigenvalue weighted by atomic mass is 10.2. The van der Waals surface area contributed by atoms with Crippen LogP contribution in [-0.2, 0) is 11.0 Å². The first-order valence-corrected chi connectivity index (χ1v) is 7.71. The zero-order valence-corrected chi connectivity index (χ0v) is 12.4. The van der Waals surface area contributed by atoms with E-state index in [1.807, 2.05) is 67.6 Å². The van der Waals surface area contributed by atoms with Crippen molar-refractivity contribution in [1.29, 1.82) is 0 Å². The molecule has 21 heavy (non-hydrogen) atoms. The molecule has 0 aliphatic rings. The predicted molar refractivity (Wildman–Crippen MR) is 86.9 cm³/mol. The molecule has 2 aromatic carbocycles. The minimum Gasteiger partial charge on any atom is -0.247 e. The monoisotopic (exact) mass is 294 g/mol. The maximum Gasteiger partial charge on any atom is 0.172 e. The van der Waals surface area contributed by atoms with Gasteiger partial charge in [-0.05, 0) is 31.2 Å². The van der Waals surface area contributed by atoms with Crippen molar-refractivity contribution in [1.82, 2.24) is 4.98 Å². The third-order valence-electron chi connectivity index (χ3n) is 3.12. The van der Waals surface area contributed by atoms with E-state index in [1.165, 1.54) is 0 Å². The van der Waals surface area contributed by atoms with Crippen LogP contribution >= 0.6 is 0 Å². The van der Waals surface area contributed by atoms with Gasteiger partial charge in [0.25, 0.3) is 0 Å². The second-order valence-corrected chi connectivity index (χ2v) is 5.91. The molecule has 0 radical (unpaired) electrons. The number of aryl methyl sites for hydroxylation is 1. The zero-order valence-electron chi connectivity index (χ0n) is 11.6. The quantitative estimate of drug-likeness (QED) is 0.691. The van der Waals surface area contributed by atoms with Crippen LogP contribution in [0, 0.1) is 6.92 Å². The van der Waals surface area contributed by atoms with E-state index in [-0.39, 0.29) is 0 Å². The molecule has 3 rings (SSSR count). The lowest BCUT2D eigenvalue weighted by Gasteiger charge is -1.99. The van der Waals surface area contributed by atoms with Gasteiger partial charge in [-0.1, -0.05) is 42.0 Å². The van der Waals surface area contributed by atoms with Crippen molar-refractivity contribution in [2.45, 2.75) is 11.8 Å². The topological polar surface area (TPSA) is 42.3 Å². The van der Waals surface area contributed by atoms with Crippen LogP contribution < -0.4 is 0 Å². The van der Waals surface area contributed by atoms with Crippen LogP contribution in [0.2, 0.25) is 0 Å². The number of pyridine rings is 1. The van der Waals surface area contributed by atoms with Gasteiger partial charge in [-0.15, -0.1) is 0 Å². The fourth-order valence-corrected chi connectivity index (χ4v) is 2.67. The van der Waals surface area contributed by atoms with Gasteiger partial charge in [-0.25, -0.2) is 9.19 Å². The first-order valence-electron chi connectivity index (χ1n) is 6.61. The van der Waals surface area contributed by atoms with E-state index in [1.54, 1.807) is 6.21 Å². The van der Waals surface area contributed by atoms with Crippen LogP contribution in [0.15, 0.2) is 70.0 Å². The van der Waals surface area contributed by atoms with E-state index in [2.05, 4.69) is 9.38 Å². The van der Waals surface area contributed by atoms with E-state index in [0.717, 1.165) is 16.5 Å². The first kappa shape index (κ1) is 13.6. The Morgan fingerprint density at radius 1 is 1.00 bits per heavy atom. The molecule has 3 aromatic rings. The molecule has 0 aliphatic heterocycles. The van der Waals surface area contributed by atoms with Gasteiger partial charge < -0.3 is 0 Å². The Kier molecular flexibility index (Phi) is 3.88. The third kappa shape index (κ3) is 3.23. The number of rotatable bonds is 3. The van der Waals surface area contributed by atoms with Crippen LogP contribution in [-0.4, -0.2) is 15.4 Å². The summed E-state index contributed by atoms with van der Waals surface area (Å²) in [4.78, 5) is 5.16. The maximum absolute atomic E-state index is 12.1. The Hall–Kier alpha value is -2.33. The van der Waals surface area contributed by atoms with Crippen molar-refractivity contribution >= 4 is 28.1 Å². The molecule has 1 atom stereocenters. The van der Waals surface area contributed by atoms with Gasteiger partial charge in [0.1, 0.15) is 0 Å². The number of para-hydroxylation sites is 1. The highest BCUT2D eigenvalue weighted by Gasteiger charge is 2.01. The molecule has 0 amide bonds. The minimum absolute atomic E-state index is 0.692. The van der Waals surface area contributed by atoms with Gasteiger partial charge in [0.05, 0.1) is 22.3 Å². The van der Waals surface area contributed by atoms with Crippen molar-refractivity contribution in [2.24, 2.45) is 4.40 Å². The van der Waals surface area contributed by atoms with E-state index >= 15 is 0 Å².